The number of aliphatic hydroxyl groups is 1. The molecule has 2 aliphatic carbocycles. The maximum absolute atomic E-state index is 10.9. The van der Waals surface area contributed by atoms with Gasteiger partial charge in [-0.1, -0.05) is 66.7 Å². The summed E-state index contributed by atoms with van der Waals surface area (Å²) in [4.78, 5) is 10.3. The second-order valence-electron chi connectivity index (χ2n) is 11.6. The van der Waals surface area contributed by atoms with E-state index in [0.29, 0.717) is 41.4 Å². The molecule has 8 rings (SSSR count). The van der Waals surface area contributed by atoms with Crippen LogP contribution in [0.5, 0.6) is 5.75 Å². The summed E-state index contributed by atoms with van der Waals surface area (Å²) < 4.78 is 1.88. The van der Waals surface area contributed by atoms with Crippen LogP contribution in [0.15, 0.2) is 91.0 Å². The van der Waals surface area contributed by atoms with Gasteiger partial charge in [0.15, 0.2) is 17.1 Å². The molecule has 202 valence electrons. The number of nitrogens with two attached hydrogens (primary N) is 1. The molecule has 0 bridgehead atoms. The standard InChI is InChI=1S/C33H28N6O2/c34-32(18-33(41,19-32)24-13-14-24)23-11-9-21(10-12-23)28-29(20-5-2-1-3-6-20)36-31-26(35-28)15-16-27-37-38-30(39(27)31)22-7-4-8-25(40)17-22/h1-12,15-17,24,40-41H,13-14,18-19,34H2/t32-,33-. The molecule has 8 heteroatoms. The molecular formula is C33H28N6O2. The van der Waals surface area contributed by atoms with Gasteiger partial charge >= 0.3 is 0 Å². The van der Waals surface area contributed by atoms with Gasteiger partial charge in [-0.3, -0.25) is 4.40 Å². The molecule has 2 saturated carbocycles. The van der Waals surface area contributed by atoms with E-state index in [4.69, 9.17) is 15.7 Å². The number of aromatic hydroxyl groups is 1. The van der Waals surface area contributed by atoms with Crippen LogP contribution < -0.4 is 5.73 Å². The minimum atomic E-state index is -0.609. The monoisotopic (exact) mass is 540 g/mol. The first-order valence-electron chi connectivity index (χ1n) is 13.9. The van der Waals surface area contributed by atoms with Gasteiger partial charge < -0.3 is 15.9 Å². The van der Waals surface area contributed by atoms with Crippen LogP contribution in [0, 0.1) is 5.92 Å². The number of rotatable bonds is 5. The minimum Gasteiger partial charge on any atom is -0.508 e. The average Bonchev–Trinajstić information content (AvgIpc) is 3.75. The van der Waals surface area contributed by atoms with E-state index in [0.717, 1.165) is 46.5 Å². The lowest BCUT2D eigenvalue weighted by atomic mass is 9.60. The van der Waals surface area contributed by atoms with Gasteiger partial charge in [0, 0.05) is 22.2 Å². The van der Waals surface area contributed by atoms with Crippen molar-refractivity contribution in [2.24, 2.45) is 11.7 Å². The summed E-state index contributed by atoms with van der Waals surface area (Å²) in [6.45, 7) is 0. The number of phenolic OH excluding ortho intramolecular Hbond substituents is 1. The SMILES string of the molecule is N[C@]1(c2ccc(-c3nc4ccc5nnc(-c6cccc(O)c6)n5c4nc3-c3ccccc3)cc2)C[C@](O)(C2CC2)C1. The van der Waals surface area contributed by atoms with Crippen LogP contribution in [0.4, 0.5) is 0 Å². The summed E-state index contributed by atoms with van der Waals surface area (Å²) in [6.07, 6.45) is 3.41. The molecule has 4 N–H and O–H groups in total. The first-order chi connectivity index (χ1) is 19.9. The predicted molar refractivity (Wildman–Crippen MR) is 157 cm³/mol. The van der Waals surface area contributed by atoms with E-state index in [2.05, 4.69) is 34.5 Å². The summed E-state index contributed by atoms with van der Waals surface area (Å²) in [6, 6.07) is 29.0. The Bertz CT molecular complexity index is 1940. The zero-order valence-corrected chi connectivity index (χ0v) is 22.3. The van der Waals surface area contributed by atoms with Gasteiger partial charge in [0.25, 0.3) is 0 Å². The largest absolute Gasteiger partial charge is 0.508 e. The molecule has 2 aliphatic rings. The summed E-state index contributed by atoms with van der Waals surface area (Å²) in [5, 5.41) is 29.8. The van der Waals surface area contributed by atoms with Crippen molar-refractivity contribution >= 4 is 16.8 Å². The van der Waals surface area contributed by atoms with Crippen LogP contribution in [-0.4, -0.2) is 40.4 Å². The highest BCUT2D eigenvalue weighted by Crippen LogP contribution is 2.57. The van der Waals surface area contributed by atoms with Gasteiger partial charge in [-0.2, -0.15) is 0 Å². The molecule has 0 unspecified atom stereocenters. The molecule has 0 atom stereocenters. The van der Waals surface area contributed by atoms with Crippen LogP contribution >= 0.6 is 0 Å². The quantitative estimate of drug-likeness (QED) is 0.265. The average molecular weight is 541 g/mol. The van der Waals surface area contributed by atoms with Crippen molar-refractivity contribution in [1.82, 2.24) is 24.6 Å². The third kappa shape index (κ3) is 3.90. The van der Waals surface area contributed by atoms with Gasteiger partial charge in [-0.25, -0.2) is 9.97 Å². The van der Waals surface area contributed by atoms with E-state index in [1.807, 2.05) is 52.9 Å². The predicted octanol–water partition coefficient (Wildman–Crippen LogP) is 5.47. The van der Waals surface area contributed by atoms with Gasteiger partial charge in [0.1, 0.15) is 11.3 Å². The van der Waals surface area contributed by atoms with Crippen LogP contribution in [0.3, 0.4) is 0 Å². The molecule has 0 amide bonds. The molecule has 2 fully saturated rings. The number of pyridine rings is 1. The highest BCUT2D eigenvalue weighted by atomic mass is 16.3. The third-order valence-electron chi connectivity index (χ3n) is 8.66. The van der Waals surface area contributed by atoms with E-state index >= 15 is 0 Å². The molecule has 0 aliphatic heterocycles. The number of hydrogen-bond donors (Lipinski definition) is 3. The Morgan fingerprint density at radius 1 is 0.756 bits per heavy atom. The number of aromatic nitrogens is 5. The van der Waals surface area contributed by atoms with Crippen molar-refractivity contribution in [3.63, 3.8) is 0 Å². The molecule has 0 spiro atoms. The molecule has 8 nitrogen and oxygen atoms in total. The Labute approximate surface area is 236 Å². The fourth-order valence-electron chi connectivity index (χ4n) is 6.43. The number of hydrogen-bond acceptors (Lipinski definition) is 7. The third-order valence-corrected chi connectivity index (χ3v) is 8.66. The second-order valence-corrected chi connectivity index (χ2v) is 11.6. The van der Waals surface area contributed by atoms with Crippen molar-refractivity contribution in [2.45, 2.75) is 36.8 Å². The molecule has 3 aromatic heterocycles. The normalized spacial score (nSPS) is 22.2. The van der Waals surface area contributed by atoms with Crippen LogP contribution in [0.2, 0.25) is 0 Å². The number of fused-ring (bicyclic) bond motifs is 3. The molecule has 0 saturated heterocycles. The highest BCUT2D eigenvalue weighted by molar-refractivity contribution is 5.87. The molecule has 41 heavy (non-hydrogen) atoms. The van der Waals surface area contributed by atoms with Crippen LogP contribution in [0.25, 0.3) is 50.7 Å². The lowest BCUT2D eigenvalue weighted by Gasteiger charge is -2.52. The topological polar surface area (TPSA) is 122 Å². The van der Waals surface area contributed by atoms with E-state index in [1.165, 1.54) is 0 Å². The summed E-state index contributed by atoms with van der Waals surface area (Å²) in [5.41, 5.74) is 12.7. The van der Waals surface area contributed by atoms with Crippen molar-refractivity contribution in [3.05, 3.63) is 96.6 Å². The van der Waals surface area contributed by atoms with Crippen molar-refractivity contribution in [3.8, 4) is 39.7 Å². The molecule has 0 radical (unpaired) electrons. The Morgan fingerprint density at radius 2 is 1.46 bits per heavy atom. The van der Waals surface area contributed by atoms with Gasteiger partial charge in [0.05, 0.1) is 17.0 Å². The zero-order valence-electron chi connectivity index (χ0n) is 22.3. The Hall–Kier alpha value is -4.66. The summed E-state index contributed by atoms with van der Waals surface area (Å²) in [7, 11) is 0. The number of nitrogens with zero attached hydrogens (tertiary/aromatic N) is 5. The van der Waals surface area contributed by atoms with Crippen molar-refractivity contribution in [1.29, 1.82) is 0 Å². The first kappa shape index (κ1) is 24.2. The number of phenols is 1. The van der Waals surface area contributed by atoms with Gasteiger partial charge in [-0.15, -0.1) is 10.2 Å². The maximum atomic E-state index is 10.9. The molecule has 3 heterocycles. The second kappa shape index (κ2) is 8.67. The highest BCUT2D eigenvalue weighted by Gasteiger charge is 2.58. The van der Waals surface area contributed by atoms with Gasteiger partial charge in [0.2, 0.25) is 0 Å². The Balaban J connectivity index is 1.27. The smallest absolute Gasteiger partial charge is 0.170 e. The van der Waals surface area contributed by atoms with Crippen molar-refractivity contribution < 1.29 is 10.2 Å². The van der Waals surface area contributed by atoms with E-state index in [9.17, 15) is 10.2 Å². The molecule has 3 aromatic carbocycles. The summed E-state index contributed by atoms with van der Waals surface area (Å²) >= 11 is 0. The van der Waals surface area contributed by atoms with Crippen molar-refractivity contribution in [2.75, 3.05) is 0 Å². The van der Waals surface area contributed by atoms with E-state index in [-0.39, 0.29) is 5.75 Å². The lowest BCUT2D eigenvalue weighted by molar-refractivity contribution is -0.106. The molecule has 6 aromatic rings. The number of benzene rings is 3. The Morgan fingerprint density at radius 3 is 2.20 bits per heavy atom. The minimum absolute atomic E-state index is 0.152. The van der Waals surface area contributed by atoms with E-state index < -0.39 is 11.1 Å². The lowest BCUT2D eigenvalue weighted by Crippen LogP contribution is -2.60. The van der Waals surface area contributed by atoms with Gasteiger partial charge in [-0.05, 0) is 61.4 Å². The zero-order chi connectivity index (χ0) is 27.8. The maximum Gasteiger partial charge on any atom is 0.170 e. The summed E-state index contributed by atoms with van der Waals surface area (Å²) in [5.74, 6) is 1.14. The Kier molecular flexibility index (Phi) is 5.11. The van der Waals surface area contributed by atoms with E-state index in [1.54, 1.807) is 18.2 Å². The van der Waals surface area contributed by atoms with Crippen LogP contribution in [0.1, 0.15) is 31.2 Å². The fourth-order valence-corrected chi connectivity index (χ4v) is 6.43. The first-order valence-corrected chi connectivity index (χ1v) is 13.9. The molecular weight excluding hydrogens is 512 g/mol. The van der Waals surface area contributed by atoms with Crippen LogP contribution in [-0.2, 0) is 5.54 Å². The fraction of sp³-hybridized carbons (Fsp3) is 0.212.